The third-order valence-corrected chi connectivity index (χ3v) is 2.37. The van der Waals surface area contributed by atoms with E-state index in [1.807, 2.05) is 20.8 Å². The van der Waals surface area contributed by atoms with Gasteiger partial charge in [0.15, 0.2) is 0 Å². The summed E-state index contributed by atoms with van der Waals surface area (Å²) in [5, 5.41) is 5.38. The first-order valence-corrected chi connectivity index (χ1v) is 6.22. The second-order valence-corrected chi connectivity index (χ2v) is 4.76. The summed E-state index contributed by atoms with van der Waals surface area (Å²) in [6.07, 6.45) is 1.48. The van der Waals surface area contributed by atoms with Gasteiger partial charge in [-0.25, -0.2) is 0 Å². The van der Waals surface area contributed by atoms with Crippen molar-refractivity contribution in [2.24, 2.45) is 11.7 Å². The smallest absolute Gasteiger partial charge is 0.242 e. The molecule has 0 aromatic carbocycles. The average Bonchev–Trinajstić information content (AvgIpc) is 2.25. The Morgan fingerprint density at radius 3 is 2.24 bits per heavy atom. The SMILES string of the molecule is CCCC(N)C(=O)NC(C)C(=O)NCC(C)C. The number of nitrogens with one attached hydrogen (secondary N) is 2. The van der Waals surface area contributed by atoms with E-state index in [1.54, 1.807) is 6.92 Å². The quantitative estimate of drug-likeness (QED) is 0.605. The van der Waals surface area contributed by atoms with Gasteiger partial charge in [0.25, 0.3) is 0 Å². The van der Waals surface area contributed by atoms with Crippen LogP contribution in [0, 0.1) is 5.92 Å². The van der Waals surface area contributed by atoms with Gasteiger partial charge in [-0.05, 0) is 19.3 Å². The molecule has 4 N–H and O–H groups in total. The van der Waals surface area contributed by atoms with Crippen LogP contribution in [0.15, 0.2) is 0 Å². The Labute approximate surface area is 104 Å². The molecule has 0 saturated heterocycles. The van der Waals surface area contributed by atoms with E-state index in [1.165, 1.54) is 0 Å². The maximum absolute atomic E-state index is 11.6. The minimum atomic E-state index is -0.538. The molecule has 0 spiro atoms. The largest absolute Gasteiger partial charge is 0.354 e. The fraction of sp³-hybridized carbons (Fsp3) is 0.833. The fourth-order valence-corrected chi connectivity index (χ4v) is 1.29. The Kier molecular flexibility index (Phi) is 7.54. The molecule has 0 aliphatic carbocycles. The lowest BCUT2D eigenvalue weighted by molar-refractivity contribution is -0.129. The minimum absolute atomic E-state index is 0.171. The zero-order chi connectivity index (χ0) is 13.4. The van der Waals surface area contributed by atoms with E-state index >= 15 is 0 Å². The molecule has 0 aromatic rings. The number of hydrogen-bond acceptors (Lipinski definition) is 3. The van der Waals surface area contributed by atoms with Crippen molar-refractivity contribution in [2.45, 2.75) is 52.6 Å². The third kappa shape index (κ3) is 6.94. The highest BCUT2D eigenvalue weighted by atomic mass is 16.2. The molecule has 0 rings (SSSR count). The lowest BCUT2D eigenvalue weighted by Gasteiger charge is -2.17. The van der Waals surface area contributed by atoms with Crippen molar-refractivity contribution in [2.75, 3.05) is 6.54 Å². The Hall–Kier alpha value is -1.10. The van der Waals surface area contributed by atoms with Crippen LogP contribution in [0.3, 0.4) is 0 Å². The summed E-state index contributed by atoms with van der Waals surface area (Å²) in [4.78, 5) is 23.2. The molecule has 0 aliphatic rings. The van der Waals surface area contributed by atoms with Crippen LogP contribution in [0.5, 0.6) is 0 Å². The molecule has 0 radical (unpaired) electrons. The first-order chi connectivity index (χ1) is 7.88. The molecule has 2 amide bonds. The molecule has 100 valence electrons. The molecule has 0 fully saturated rings. The topological polar surface area (TPSA) is 84.2 Å². The number of carbonyl (C=O) groups excluding carboxylic acids is 2. The molecular formula is C12H25N3O2. The highest BCUT2D eigenvalue weighted by molar-refractivity contribution is 5.89. The molecule has 0 aliphatic heterocycles. The van der Waals surface area contributed by atoms with Crippen molar-refractivity contribution >= 4 is 11.8 Å². The summed E-state index contributed by atoms with van der Waals surface area (Å²) >= 11 is 0. The van der Waals surface area contributed by atoms with E-state index in [0.717, 1.165) is 6.42 Å². The van der Waals surface area contributed by atoms with E-state index in [2.05, 4.69) is 10.6 Å². The first-order valence-electron chi connectivity index (χ1n) is 6.22. The van der Waals surface area contributed by atoms with Gasteiger partial charge in [0.2, 0.25) is 11.8 Å². The highest BCUT2D eigenvalue weighted by Gasteiger charge is 2.19. The van der Waals surface area contributed by atoms with Gasteiger partial charge >= 0.3 is 0 Å². The van der Waals surface area contributed by atoms with Crippen molar-refractivity contribution in [3.63, 3.8) is 0 Å². The zero-order valence-corrected chi connectivity index (χ0v) is 11.2. The standard InChI is InChI=1S/C12H25N3O2/c1-5-6-10(13)12(17)15-9(4)11(16)14-7-8(2)3/h8-10H,5-7,13H2,1-4H3,(H,14,16)(H,15,17). The van der Waals surface area contributed by atoms with E-state index < -0.39 is 12.1 Å². The molecule has 17 heavy (non-hydrogen) atoms. The molecule has 5 nitrogen and oxygen atoms in total. The molecule has 0 aromatic heterocycles. The van der Waals surface area contributed by atoms with Gasteiger partial charge in [-0.3, -0.25) is 9.59 Å². The van der Waals surface area contributed by atoms with Gasteiger partial charge in [0, 0.05) is 6.54 Å². The van der Waals surface area contributed by atoms with Crippen molar-refractivity contribution in [1.29, 1.82) is 0 Å². The van der Waals surface area contributed by atoms with Gasteiger partial charge in [0.1, 0.15) is 6.04 Å². The fourth-order valence-electron chi connectivity index (χ4n) is 1.29. The van der Waals surface area contributed by atoms with Gasteiger partial charge in [-0.2, -0.15) is 0 Å². The maximum Gasteiger partial charge on any atom is 0.242 e. The van der Waals surface area contributed by atoms with Crippen LogP contribution in [-0.4, -0.2) is 30.4 Å². The summed E-state index contributed by atoms with van der Waals surface area (Å²) in [5.74, 6) is -0.0426. The molecular weight excluding hydrogens is 218 g/mol. The summed E-state index contributed by atoms with van der Waals surface area (Å²) in [5.41, 5.74) is 5.65. The summed E-state index contributed by atoms with van der Waals surface area (Å²) < 4.78 is 0. The summed E-state index contributed by atoms with van der Waals surface area (Å²) in [6.45, 7) is 8.26. The Morgan fingerprint density at radius 1 is 1.18 bits per heavy atom. The predicted octanol–water partition coefficient (Wildman–Crippen LogP) is 0.391. The summed E-state index contributed by atoms with van der Waals surface area (Å²) in [6, 6.07) is -1.07. The Bertz CT molecular complexity index is 254. The van der Waals surface area contributed by atoms with Crippen LogP contribution < -0.4 is 16.4 Å². The van der Waals surface area contributed by atoms with Crippen LogP contribution in [0.2, 0.25) is 0 Å². The second-order valence-electron chi connectivity index (χ2n) is 4.76. The predicted molar refractivity (Wildman–Crippen MR) is 68.3 cm³/mol. The Balaban J connectivity index is 4.02. The van der Waals surface area contributed by atoms with Crippen LogP contribution >= 0.6 is 0 Å². The zero-order valence-electron chi connectivity index (χ0n) is 11.2. The molecule has 0 heterocycles. The first kappa shape index (κ1) is 15.9. The molecule has 2 unspecified atom stereocenters. The van der Waals surface area contributed by atoms with E-state index in [0.29, 0.717) is 18.9 Å². The van der Waals surface area contributed by atoms with E-state index in [4.69, 9.17) is 5.73 Å². The third-order valence-electron chi connectivity index (χ3n) is 2.37. The maximum atomic E-state index is 11.6. The number of carbonyl (C=O) groups is 2. The highest BCUT2D eigenvalue weighted by Crippen LogP contribution is 1.95. The van der Waals surface area contributed by atoms with Crippen molar-refractivity contribution in [3.05, 3.63) is 0 Å². The van der Waals surface area contributed by atoms with Gasteiger partial charge in [0.05, 0.1) is 6.04 Å². The summed E-state index contributed by atoms with van der Waals surface area (Å²) in [7, 11) is 0. The number of hydrogen-bond donors (Lipinski definition) is 3. The van der Waals surface area contributed by atoms with E-state index in [-0.39, 0.29) is 11.8 Å². The number of rotatable bonds is 7. The van der Waals surface area contributed by atoms with Gasteiger partial charge < -0.3 is 16.4 Å². The van der Waals surface area contributed by atoms with Crippen LogP contribution in [0.1, 0.15) is 40.5 Å². The molecule has 0 bridgehead atoms. The lowest BCUT2D eigenvalue weighted by atomic mass is 10.1. The van der Waals surface area contributed by atoms with Crippen LogP contribution in [0.25, 0.3) is 0 Å². The van der Waals surface area contributed by atoms with Gasteiger partial charge in [-0.1, -0.05) is 27.2 Å². The van der Waals surface area contributed by atoms with Gasteiger partial charge in [-0.15, -0.1) is 0 Å². The monoisotopic (exact) mass is 243 g/mol. The Morgan fingerprint density at radius 2 is 1.76 bits per heavy atom. The van der Waals surface area contributed by atoms with Crippen LogP contribution in [-0.2, 0) is 9.59 Å². The molecule has 2 atom stereocenters. The molecule has 5 heteroatoms. The lowest BCUT2D eigenvalue weighted by Crippen LogP contribution is -2.50. The normalized spacial score (nSPS) is 14.2. The second kappa shape index (κ2) is 8.06. The van der Waals surface area contributed by atoms with Crippen molar-refractivity contribution < 1.29 is 9.59 Å². The van der Waals surface area contributed by atoms with Crippen molar-refractivity contribution in [1.82, 2.24) is 10.6 Å². The average molecular weight is 243 g/mol. The van der Waals surface area contributed by atoms with Crippen molar-refractivity contribution in [3.8, 4) is 0 Å². The van der Waals surface area contributed by atoms with E-state index in [9.17, 15) is 9.59 Å². The number of amides is 2. The van der Waals surface area contributed by atoms with Crippen LogP contribution in [0.4, 0.5) is 0 Å². The number of nitrogens with two attached hydrogens (primary N) is 1. The molecule has 0 saturated carbocycles. The minimum Gasteiger partial charge on any atom is -0.354 e.